The highest BCUT2D eigenvalue weighted by molar-refractivity contribution is 5.92. The minimum absolute atomic E-state index is 0.364. The van der Waals surface area contributed by atoms with E-state index < -0.39 is 5.97 Å². The van der Waals surface area contributed by atoms with Crippen LogP contribution in [0.4, 0.5) is 0 Å². The zero-order valence-electron chi connectivity index (χ0n) is 23.5. The maximum atomic E-state index is 12.6. The van der Waals surface area contributed by atoms with Crippen molar-refractivity contribution in [3.05, 3.63) is 83.9 Å². The van der Waals surface area contributed by atoms with Gasteiger partial charge in [-0.15, -0.1) is 0 Å². The van der Waals surface area contributed by atoms with E-state index in [4.69, 9.17) is 14.2 Å². The van der Waals surface area contributed by atoms with Crippen molar-refractivity contribution in [2.75, 3.05) is 13.2 Å². The van der Waals surface area contributed by atoms with Crippen LogP contribution in [0.25, 0.3) is 11.1 Å². The molecule has 0 unspecified atom stereocenters. The zero-order valence-corrected chi connectivity index (χ0v) is 23.5. The molecule has 0 spiro atoms. The van der Waals surface area contributed by atoms with E-state index in [2.05, 4.69) is 13.8 Å². The third-order valence-electron chi connectivity index (χ3n) is 6.61. The molecule has 0 fully saturated rings. The Balaban J connectivity index is 1.44. The first kappa shape index (κ1) is 29.9. The summed E-state index contributed by atoms with van der Waals surface area (Å²) in [6, 6.07) is 21.8. The summed E-state index contributed by atoms with van der Waals surface area (Å²) in [5.74, 6) is 0.433. The molecule has 0 aliphatic rings. The maximum Gasteiger partial charge on any atom is 0.343 e. The Morgan fingerprint density at radius 2 is 0.974 bits per heavy atom. The Morgan fingerprint density at radius 3 is 1.62 bits per heavy atom. The molecule has 0 atom stereocenters. The van der Waals surface area contributed by atoms with Gasteiger partial charge in [-0.3, -0.25) is 0 Å². The Morgan fingerprint density at radius 1 is 0.513 bits per heavy atom. The molecular weight excluding hydrogens is 488 g/mol. The number of hydrogen-bond donors (Lipinski definition) is 0. The van der Waals surface area contributed by atoms with Crippen LogP contribution in [0.15, 0.2) is 72.8 Å². The molecule has 3 aromatic rings. The zero-order chi connectivity index (χ0) is 27.7. The molecule has 0 bridgehead atoms. The van der Waals surface area contributed by atoms with Crippen LogP contribution in [-0.4, -0.2) is 25.2 Å². The van der Waals surface area contributed by atoms with Crippen LogP contribution in [0.2, 0.25) is 0 Å². The molecule has 208 valence electrons. The highest BCUT2D eigenvalue weighted by Crippen LogP contribution is 2.24. The molecule has 0 amide bonds. The lowest BCUT2D eigenvalue weighted by atomic mass is 10.0. The van der Waals surface area contributed by atoms with E-state index in [0.717, 1.165) is 55.6 Å². The molecule has 0 N–H and O–H groups in total. The topological polar surface area (TPSA) is 61.8 Å². The first-order chi connectivity index (χ1) is 19.1. The van der Waals surface area contributed by atoms with Crippen LogP contribution < -0.4 is 9.47 Å². The van der Waals surface area contributed by atoms with E-state index in [9.17, 15) is 9.59 Å². The van der Waals surface area contributed by atoms with Gasteiger partial charge in [0.05, 0.1) is 24.3 Å². The lowest BCUT2D eigenvalue weighted by Gasteiger charge is -2.09. The molecule has 3 rings (SSSR count). The van der Waals surface area contributed by atoms with Gasteiger partial charge in [0.25, 0.3) is 0 Å². The number of rotatable bonds is 17. The molecule has 0 aliphatic heterocycles. The van der Waals surface area contributed by atoms with Crippen molar-refractivity contribution in [1.29, 1.82) is 0 Å². The minimum Gasteiger partial charge on any atom is -0.494 e. The van der Waals surface area contributed by atoms with E-state index in [0.29, 0.717) is 23.5 Å². The molecule has 0 radical (unpaired) electrons. The van der Waals surface area contributed by atoms with Gasteiger partial charge in [0, 0.05) is 0 Å². The second-order valence-electron chi connectivity index (χ2n) is 9.83. The number of esters is 2. The highest BCUT2D eigenvalue weighted by Gasteiger charge is 2.11. The van der Waals surface area contributed by atoms with Gasteiger partial charge in [0.1, 0.15) is 11.5 Å². The van der Waals surface area contributed by atoms with Gasteiger partial charge < -0.3 is 14.2 Å². The van der Waals surface area contributed by atoms with E-state index in [1.165, 1.54) is 32.1 Å². The van der Waals surface area contributed by atoms with E-state index >= 15 is 0 Å². The third kappa shape index (κ3) is 10.6. The molecule has 39 heavy (non-hydrogen) atoms. The molecule has 5 nitrogen and oxygen atoms in total. The van der Waals surface area contributed by atoms with Gasteiger partial charge in [0.15, 0.2) is 0 Å². The van der Waals surface area contributed by atoms with Gasteiger partial charge in [-0.1, -0.05) is 89.5 Å². The van der Waals surface area contributed by atoms with Gasteiger partial charge in [0.2, 0.25) is 0 Å². The van der Waals surface area contributed by atoms with E-state index in [-0.39, 0.29) is 5.97 Å². The van der Waals surface area contributed by atoms with Crippen molar-refractivity contribution in [3.63, 3.8) is 0 Å². The summed E-state index contributed by atoms with van der Waals surface area (Å²) in [7, 11) is 0. The second kappa shape index (κ2) is 17.1. The number of carbonyl (C=O) groups excluding carboxylic acids is 2. The molecule has 0 aliphatic carbocycles. The van der Waals surface area contributed by atoms with Crippen LogP contribution in [0.5, 0.6) is 11.5 Å². The minimum atomic E-state index is -0.453. The largest absolute Gasteiger partial charge is 0.494 e. The summed E-state index contributed by atoms with van der Waals surface area (Å²) < 4.78 is 16.7. The predicted molar refractivity (Wildman–Crippen MR) is 157 cm³/mol. The predicted octanol–water partition coefficient (Wildman–Crippen LogP) is 9.05. The summed E-state index contributed by atoms with van der Waals surface area (Å²) in [6.45, 7) is 5.54. The molecule has 0 saturated heterocycles. The van der Waals surface area contributed by atoms with Crippen LogP contribution in [0, 0.1) is 0 Å². The first-order valence-corrected chi connectivity index (χ1v) is 14.4. The van der Waals surface area contributed by atoms with Crippen LogP contribution in [-0.2, 0) is 4.74 Å². The fraction of sp³-hybridized carbons (Fsp3) is 0.412. The van der Waals surface area contributed by atoms with Gasteiger partial charge in [-0.2, -0.15) is 0 Å². The standard InChI is InChI=1S/C34H42O5/c1-3-5-7-9-10-12-25-37-31-21-17-28(18-22-31)27-13-15-30(16-14-27)34(36)39-32-23-19-29(20-24-32)33(35)38-26-11-8-6-4-2/h13-24H,3-12,25-26H2,1-2H3. The van der Waals surface area contributed by atoms with Crippen molar-refractivity contribution in [1.82, 2.24) is 0 Å². The Bertz CT molecular complexity index is 1120. The number of benzene rings is 3. The van der Waals surface area contributed by atoms with Gasteiger partial charge in [-0.05, 0) is 72.5 Å². The monoisotopic (exact) mass is 530 g/mol. The van der Waals surface area contributed by atoms with Crippen LogP contribution in [0.1, 0.15) is 98.8 Å². The van der Waals surface area contributed by atoms with Crippen LogP contribution >= 0.6 is 0 Å². The van der Waals surface area contributed by atoms with Gasteiger partial charge in [-0.25, -0.2) is 9.59 Å². The third-order valence-corrected chi connectivity index (χ3v) is 6.61. The molecule has 0 heterocycles. The SMILES string of the molecule is CCCCCCCCOc1ccc(-c2ccc(C(=O)Oc3ccc(C(=O)OCCCCCC)cc3)cc2)cc1. The first-order valence-electron chi connectivity index (χ1n) is 14.4. The lowest BCUT2D eigenvalue weighted by Crippen LogP contribution is -2.09. The quantitative estimate of drug-likeness (QED) is 0.0989. The Hall–Kier alpha value is -3.60. The summed E-state index contributed by atoms with van der Waals surface area (Å²) in [6.07, 6.45) is 11.7. The summed E-state index contributed by atoms with van der Waals surface area (Å²) in [5, 5.41) is 0. The summed E-state index contributed by atoms with van der Waals surface area (Å²) in [4.78, 5) is 24.8. The molecule has 3 aromatic carbocycles. The smallest absolute Gasteiger partial charge is 0.343 e. The molecule has 0 aromatic heterocycles. The average Bonchev–Trinajstić information content (AvgIpc) is 2.97. The summed E-state index contributed by atoms with van der Waals surface area (Å²) in [5.41, 5.74) is 2.95. The van der Waals surface area contributed by atoms with Crippen molar-refractivity contribution in [2.24, 2.45) is 0 Å². The Kier molecular flexibility index (Phi) is 13.1. The Labute approximate surface area is 233 Å². The van der Waals surface area contributed by atoms with Crippen molar-refractivity contribution in [2.45, 2.75) is 78.1 Å². The van der Waals surface area contributed by atoms with E-state index in [1.54, 1.807) is 36.4 Å². The van der Waals surface area contributed by atoms with Crippen molar-refractivity contribution >= 4 is 11.9 Å². The normalized spacial score (nSPS) is 10.7. The maximum absolute atomic E-state index is 12.6. The van der Waals surface area contributed by atoms with Crippen LogP contribution in [0.3, 0.4) is 0 Å². The number of carbonyl (C=O) groups is 2. The van der Waals surface area contributed by atoms with E-state index in [1.807, 2.05) is 36.4 Å². The number of ether oxygens (including phenoxy) is 3. The van der Waals surface area contributed by atoms with Gasteiger partial charge >= 0.3 is 11.9 Å². The number of hydrogen-bond acceptors (Lipinski definition) is 5. The highest BCUT2D eigenvalue weighted by atomic mass is 16.5. The fourth-order valence-electron chi connectivity index (χ4n) is 4.22. The van der Waals surface area contributed by atoms with Crippen molar-refractivity contribution in [3.8, 4) is 22.6 Å². The molecular formula is C34H42O5. The lowest BCUT2D eigenvalue weighted by molar-refractivity contribution is 0.0497. The summed E-state index contributed by atoms with van der Waals surface area (Å²) >= 11 is 0. The molecule has 5 heteroatoms. The fourth-order valence-corrected chi connectivity index (χ4v) is 4.22. The molecule has 0 saturated carbocycles. The average molecular weight is 531 g/mol. The van der Waals surface area contributed by atoms with Crippen molar-refractivity contribution < 1.29 is 23.8 Å². The number of unbranched alkanes of at least 4 members (excludes halogenated alkanes) is 8. The second-order valence-corrected chi connectivity index (χ2v) is 9.83.